The van der Waals surface area contributed by atoms with Gasteiger partial charge in [-0.3, -0.25) is 0 Å². The van der Waals surface area contributed by atoms with Gasteiger partial charge in [0.15, 0.2) is 5.79 Å². The fourth-order valence-corrected chi connectivity index (χ4v) is 8.55. The molecular formula is C27H46O3. The summed E-state index contributed by atoms with van der Waals surface area (Å²) >= 11 is 0. The Labute approximate surface area is 184 Å². The van der Waals surface area contributed by atoms with Gasteiger partial charge in [-0.15, -0.1) is 0 Å². The maximum Gasteiger partial charge on any atom is 0.164 e. The molecule has 0 unspecified atom stereocenters. The number of hydrogen-bond acceptors (Lipinski definition) is 3. The van der Waals surface area contributed by atoms with Crippen LogP contribution in [0.2, 0.25) is 0 Å². The summed E-state index contributed by atoms with van der Waals surface area (Å²) in [6.07, 6.45) is 13.4. The maximum absolute atomic E-state index is 10.3. The van der Waals surface area contributed by atoms with Crippen molar-refractivity contribution >= 4 is 0 Å². The van der Waals surface area contributed by atoms with Gasteiger partial charge in [0.25, 0.3) is 0 Å². The van der Waals surface area contributed by atoms with Crippen LogP contribution in [0.3, 0.4) is 0 Å². The molecule has 0 saturated heterocycles. The normalized spacial score (nSPS) is 44.8. The third-order valence-corrected chi connectivity index (χ3v) is 10.7. The average molecular weight is 419 g/mol. The number of allylic oxidation sites excluding steroid dienone is 1. The van der Waals surface area contributed by atoms with Crippen LogP contribution in [0.5, 0.6) is 0 Å². The molecule has 0 aliphatic heterocycles. The van der Waals surface area contributed by atoms with Gasteiger partial charge in [0.2, 0.25) is 0 Å². The Balaban J connectivity index is 1.49. The highest BCUT2D eigenvalue weighted by Crippen LogP contribution is 2.67. The van der Waals surface area contributed by atoms with Crippen LogP contribution in [0.15, 0.2) is 11.6 Å². The summed E-state index contributed by atoms with van der Waals surface area (Å²) in [4.78, 5) is 0. The summed E-state index contributed by atoms with van der Waals surface area (Å²) < 4.78 is 0. The van der Waals surface area contributed by atoms with Gasteiger partial charge < -0.3 is 15.3 Å². The zero-order valence-corrected chi connectivity index (χ0v) is 20.0. The molecule has 172 valence electrons. The molecule has 3 fully saturated rings. The summed E-state index contributed by atoms with van der Waals surface area (Å²) in [7, 11) is 0. The molecule has 0 aromatic rings. The number of aliphatic hydroxyl groups excluding tert-OH is 1. The molecule has 30 heavy (non-hydrogen) atoms. The van der Waals surface area contributed by atoms with Crippen molar-refractivity contribution < 1.29 is 15.3 Å². The van der Waals surface area contributed by atoms with Gasteiger partial charge in [0.1, 0.15) is 0 Å². The SMILES string of the molecule is CC(C)C(O)(O)CC[C@@H](C)[C@H]1CC[C@H]2[C@@H]3CC=C4C[C@@H](O)CC[C@]4(C)[C@H]3CC[C@]12C. The highest BCUT2D eigenvalue weighted by atomic mass is 16.5. The molecule has 4 aliphatic carbocycles. The van der Waals surface area contributed by atoms with Gasteiger partial charge in [-0.25, -0.2) is 0 Å². The third kappa shape index (κ3) is 3.61. The van der Waals surface area contributed by atoms with Crippen molar-refractivity contribution in [3.63, 3.8) is 0 Å². The molecule has 0 heterocycles. The second kappa shape index (κ2) is 7.89. The minimum atomic E-state index is -1.53. The van der Waals surface area contributed by atoms with E-state index in [0.717, 1.165) is 43.4 Å². The van der Waals surface area contributed by atoms with E-state index < -0.39 is 5.79 Å². The first kappa shape index (κ1) is 22.8. The Hall–Kier alpha value is -0.380. The second-order valence-corrected chi connectivity index (χ2v) is 12.4. The van der Waals surface area contributed by atoms with E-state index in [2.05, 4.69) is 26.8 Å². The average Bonchev–Trinajstić information content (AvgIpc) is 3.04. The third-order valence-electron chi connectivity index (χ3n) is 10.7. The molecule has 0 aromatic heterocycles. The Kier molecular flexibility index (Phi) is 5.99. The van der Waals surface area contributed by atoms with Crippen LogP contribution in [-0.4, -0.2) is 27.2 Å². The number of aliphatic hydroxyl groups is 3. The van der Waals surface area contributed by atoms with E-state index in [1.54, 1.807) is 5.57 Å². The zero-order chi connectivity index (χ0) is 21.9. The predicted molar refractivity (Wildman–Crippen MR) is 122 cm³/mol. The molecule has 0 bridgehead atoms. The van der Waals surface area contributed by atoms with Crippen LogP contribution in [0.1, 0.15) is 98.8 Å². The van der Waals surface area contributed by atoms with Crippen LogP contribution < -0.4 is 0 Å². The van der Waals surface area contributed by atoms with Crippen LogP contribution >= 0.6 is 0 Å². The quantitative estimate of drug-likeness (QED) is 0.398. The fraction of sp³-hybridized carbons (Fsp3) is 0.926. The Bertz CT molecular complexity index is 667. The van der Waals surface area contributed by atoms with Crippen LogP contribution in [0, 0.1) is 46.3 Å². The molecular weight excluding hydrogens is 372 g/mol. The first-order valence-corrected chi connectivity index (χ1v) is 12.8. The van der Waals surface area contributed by atoms with E-state index in [0.29, 0.717) is 29.1 Å². The second-order valence-electron chi connectivity index (χ2n) is 12.4. The Morgan fingerprint density at radius 3 is 2.47 bits per heavy atom. The molecule has 0 spiro atoms. The lowest BCUT2D eigenvalue weighted by molar-refractivity contribution is -0.199. The summed E-state index contributed by atoms with van der Waals surface area (Å²) in [6.45, 7) is 11.2. The first-order valence-electron chi connectivity index (χ1n) is 12.8. The maximum atomic E-state index is 10.3. The molecule has 3 heteroatoms. The molecule has 3 saturated carbocycles. The molecule has 4 rings (SSSR count). The van der Waals surface area contributed by atoms with Gasteiger partial charge in [-0.05, 0) is 98.2 Å². The molecule has 0 amide bonds. The predicted octanol–water partition coefficient (Wildman–Crippen LogP) is 5.68. The van der Waals surface area contributed by atoms with Gasteiger partial charge >= 0.3 is 0 Å². The molecule has 3 N–H and O–H groups in total. The van der Waals surface area contributed by atoms with E-state index in [4.69, 9.17) is 0 Å². The lowest BCUT2D eigenvalue weighted by Gasteiger charge is -2.58. The number of fused-ring (bicyclic) bond motifs is 5. The summed E-state index contributed by atoms with van der Waals surface area (Å²) in [6, 6.07) is 0. The van der Waals surface area contributed by atoms with Crippen LogP contribution in [0.4, 0.5) is 0 Å². The topological polar surface area (TPSA) is 60.7 Å². The minimum Gasteiger partial charge on any atom is -0.393 e. The largest absolute Gasteiger partial charge is 0.393 e. The summed E-state index contributed by atoms with van der Waals surface area (Å²) in [5, 5.41) is 30.9. The smallest absolute Gasteiger partial charge is 0.164 e. The number of rotatable bonds is 5. The van der Waals surface area contributed by atoms with E-state index in [-0.39, 0.29) is 12.0 Å². The molecule has 0 radical (unpaired) electrons. The molecule has 0 aromatic carbocycles. The summed E-state index contributed by atoms with van der Waals surface area (Å²) in [5.74, 6) is 2.00. The lowest BCUT2D eigenvalue weighted by Crippen LogP contribution is -2.50. The fourth-order valence-electron chi connectivity index (χ4n) is 8.55. The van der Waals surface area contributed by atoms with E-state index in [1.165, 1.54) is 32.1 Å². The van der Waals surface area contributed by atoms with Gasteiger partial charge in [-0.1, -0.05) is 46.3 Å². The Morgan fingerprint density at radius 2 is 1.77 bits per heavy atom. The van der Waals surface area contributed by atoms with E-state index in [1.807, 2.05) is 13.8 Å². The van der Waals surface area contributed by atoms with Crippen molar-refractivity contribution in [3.8, 4) is 0 Å². The molecule has 3 nitrogen and oxygen atoms in total. The van der Waals surface area contributed by atoms with E-state index in [9.17, 15) is 15.3 Å². The lowest BCUT2D eigenvalue weighted by atomic mass is 9.47. The van der Waals surface area contributed by atoms with Crippen molar-refractivity contribution in [1.29, 1.82) is 0 Å². The first-order chi connectivity index (χ1) is 14.0. The van der Waals surface area contributed by atoms with Crippen molar-refractivity contribution in [2.24, 2.45) is 46.3 Å². The van der Waals surface area contributed by atoms with Crippen molar-refractivity contribution in [2.45, 2.75) is 111 Å². The van der Waals surface area contributed by atoms with Crippen LogP contribution in [-0.2, 0) is 0 Å². The molecule has 4 aliphatic rings. The highest BCUT2D eigenvalue weighted by molar-refractivity contribution is 5.25. The van der Waals surface area contributed by atoms with E-state index >= 15 is 0 Å². The van der Waals surface area contributed by atoms with Crippen LogP contribution in [0.25, 0.3) is 0 Å². The zero-order valence-electron chi connectivity index (χ0n) is 20.0. The van der Waals surface area contributed by atoms with Gasteiger partial charge in [-0.2, -0.15) is 0 Å². The minimum absolute atomic E-state index is 0.120. The van der Waals surface area contributed by atoms with Crippen molar-refractivity contribution in [2.75, 3.05) is 0 Å². The molecule has 8 atom stereocenters. The van der Waals surface area contributed by atoms with Gasteiger partial charge in [0.05, 0.1) is 6.10 Å². The van der Waals surface area contributed by atoms with Crippen molar-refractivity contribution in [3.05, 3.63) is 11.6 Å². The van der Waals surface area contributed by atoms with Crippen molar-refractivity contribution in [1.82, 2.24) is 0 Å². The number of hydrogen-bond donors (Lipinski definition) is 3. The van der Waals surface area contributed by atoms with Gasteiger partial charge in [0, 0.05) is 12.3 Å². The summed E-state index contributed by atoms with van der Waals surface area (Å²) in [5.41, 5.74) is 2.28. The monoisotopic (exact) mass is 418 g/mol. The highest BCUT2D eigenvalue weighted by Gasteiger charge is 2.59. The Morgan fingerprint density at radius 1 is 1.03 bits per heavy atom. The standard InChI is InChI=1S/C27H46O3/c1-17(2)27(29,30)15-10-18(3)22-8-9-23-21-7-6-19-16-20(28)11-13-25(19,4)24(21)12-14-26(22,23)5/h6,17-18,20-24,28-30H,7-16H2,1-5H3/t18-,20+,21+,22-,23+,24+,25+,26-/m1/s1.